The van der Waals surface area contributed by atoms with E-state index < -0.39 is 0 Å². The first-order chi connectivity index (χ1) is 25.8. The molecule has 8 rings (SSSR count). The molecule has 0 nitrogen and oxygen atoms in total. The molecule has 0 bridgehead atoms. The molecule has 8 aromatic carbocycles. The SMILES string of the molecule is [Ti].c1ccc(Pc2ccccc2)cc1.c1ccc(Pc2ccccc2)cc1.c1ccc(Pc2ccccc2)cc1.c1ccc(Pc2ccccc2)cc1. The Morgan fingerprint density at radius 1 is 0.151 bits per heavy atom. The van der Waals surface area contributed by atoms with E-state index in [1.807, 2.05) is 0 Å². The molecule has 260 valence electrons. The fourth-order valence-electron chi connectivity index (χ4n) is 4.84. The second-order valence-electron chi connectivity index (χ2n) is 11.4. The third-order valence-corrected chi connectivity index (χ3v) is 12.3. The van der Waals surface area contributed by atoms with Crippen LogP contribution in [0.1, 0.15) is 0 Å². The largest absolute Gasteiger partial charge is 0.0622 e. The molecule has 0 aliphatic rings. The van der Waals surface area contributed by atoms with Gasteiger partial charge in [-0.2, -0.15) is 0 Å². The van der Waals surface area contributed by atoms with Crippen LogP contribution in [-0.2, 0) is 21.7 Å². The topological polar surface area (TPSA) is 0 Å². The average Bonchev–Trinajstić information content (AvgIpc) is 3.22. The predicted molar refractivity (Wildman–Crippen MR) is 242 cm³/mol. The van der Waals surface area contributed by atoms with E-state index in [0.29, 0.717) is 0 Å². The number of benzene rings is 8. The van der Waals surface area contributed by atoms with E-state index in [2.05, 4.69) is 243 Å². The molecule has 0 fully saturated rings. The maximum atomic E-state index is 2.17. The minimum absolute atomic E-state index is 0. The monoisotopic (exact) mass is 792 g/mol. The number of rotatable bonds is 8. The van der Waals surface area contributed by atoms with E-state index in [4.69, 9.17) is 0 Å². The van der Waals surface area contributed by atoms with Gasteiger partial charge in [-0.3, -0.25) is 0 Å². The van der Waals surface area contributed by atoms with Gasteiger partial charge in [-0.1, -0.05) is 277 Å². The average molecular weight is 793 g/mol. The maximum Gasteiger partial charge on any atom is 0 e. The molecule has 8 aromatic rings. The van der Waals surface area contributed by atoms with Crippen molar-refractivity contribution in [1.29, 1.82) is 0 Å². The van der Waals surface area contributed by atoms with Gasteiger partial charge in [0.05, 0.1) is 0 Å². The zero-order valence-electron chi connectivity index (χ0n) is 29.6. The predicted octanol–water partition coefficient (Wildman–Crippen LogP) is 9.26. The Hall–Kier alpha value is -3.81. The van der Waals surface area contributed by atoms with Crippen molar-refractivity contribution >= 4 is 76.8 Å². The first-order valence-electron chi connectivity index (χ1n) is 17.3. The van der Waals surface area contributed by atoms with Crippen molar-refractivity contribution in [3.05, 3.63) is 243 Å². The minimum Gasteiger partial charge on any atom is -0.0622 e. The van der Waals surface area contributed by atoms with Gasteiger partial charge in [0.2, 0.25) is 0 Å². The summed E-state index contributed by atoms with van der Waals surface area (Å²) < 4.78 is 0. The Kier molecular flexibility index (Phi) is 20.6. The summed E-state index contributed by atoms with van der Waals surface area (Å²) in [6.45, 7) is 0. The summed E-state index contributed by atoms with van der Waals surface area (Å²) in [4.78, 5) is 0. The van der Waals surface area contributed by atoms with E-state index in [0.717, 1.165) is 34.3 Å². The smallest absolute Gasteiger partial charge is 0 e. The molecule has 0 amide bonds. The van der Waals surface area contributed by atoms with Crippen molar-refractivity contribution in [1.82, 2.24) is 0 Å². The van der Waals surface area contributed by atoms with E-state index in [1.54, 1.807) is 0 Å². The maximum absolute atomic E-state index is 2.17. The summed E-state index contributed by atoms with van der Waals surface area (Å²) in [5.41, 5.74) is 0. The molecule has 0 N–H and O–H groups in total. The molecular weight excluding hydrogens is 748 g/mol. The van der Waals surface area contributed by atoms with E-state index >= 15 is 0 Å². The first kappa shape index (κ1) is 41.9. The zero-order valence-corrected chi connectivity index (χ0v) is 35.2. The van der Waals surface area contributed by atoms with Crippen molar-refractivity contribution in [2.45, 2.75) is 0 Å². The van der Waals surface area contributed by atoms with Crippen molar-refractivity contribution < 1.29 is 21.7 Å². The van der Waals surface area contributed by atoms with Crippen LogP contribution in [-0.4, -0.2) is 0 Å². The van der Waals surface area contributed by atoms with Gasteiger partial charge in [-0.25, -0.2) is 0 Å². The number of hydrogen-bond acceptors (Lipinski definition) is 0. The van der Waals surface area contributed by atoms with Crippen LogP contribution >= 0.6 is 34.3 Å². The van der Waals surface area contributed by atoms with Gasteiger partial charge >= 0.3 is 0 Å². The molecule has 0 aliphatic carbocycles. The summed E-state index contributed by atoms with van der Waals surface area (Å²) in [5, 5.41) is 11.2. The van der Waals surface area contributed by atoms with Crippen molar-refractivity contribution in [2.24, 2.45) is 0 Å². The number of hydrogen-bond donors (Lipinski definition) is 0. The van der Waals surface area contributed by atoms with Gasteiger partial charge in [-0.15, -0.1) is 0 Å². The Morgan fingerprint density at radius 3 is 0.340 bits per heavy atom. The van der Waals surface area contributed by atoms with Crippen molar-refractivity contribution in [3.63, 3.8) is 0 Å². The van der Waals surface area contributed by atoms with Gasteiger partial charge in [0.15, 0.2) is 0 Å². The van der Waals surface area contributed by atoms with Crippen LogP contribution < -0.4 is 42.4 Å². The van der Waals surface area contributed by atoms with Crippen LogP contribution in [0.2, 0.25) is 0 Å². The van der Waals surface area contributed by atoms with Gasteiger partial charge in [0.1, 0.15) is 0 Å². The summed E-state index contributed by atoms with van der Waals surface area (Å²) in [6, 6.07) is 84.6. The van der Waals surface area contributed by atoms with Crippen molar-refractivity contribution in [3.8, 4) is 0 Å². The van der Waals surface area contributed by atoms with Gasteiger partial charge in [0.25, 0.3) is 0 Å². The molecule has 0 heterocycles. The molecule has 0 saturated heterocycles. The Balaban J connectivity index is 0.000000157. The molecule has 0 saturated carbocycles. The molecule has 0 aromatic heterocycles. The van der Waals surface area contributed by atoms with Crippen LogP contribution in [0.3, 0.4) is 0 Å². The van der Waals surface area contributed by atoms with Gasteiger partial charge in [-0.05, 0) is 42.4 Å². The van der Waals surface area contributed by atoms with E-state index in [9.17, 15) is 0 Å². The fraction of sp³-hybridized carbons (Fsp3) is 0. The second-order valence-corrected chi connectivity index (χ2v) is 17.0. The Morgan fingerprint density at radius 2 is 0.245 bits per heavy atom. The summed E-state index contributed by atoms with van der Waals surface area (Å²) in [5.74, 6) is 0. The van der Waals surface area contributed by atoms with Crippen LogP contribution in [0.15, 0.2) is 243 Å². The second kappa shape index (κ2) is 26.0. The van der Waals surface area contributed by atoms with Crippen LogP contribution in [0.4, 0.5) is 0 Å². The fourth-order valence-corrected chi connectivity index (χ4v) is 9.04. The molecular formula is C48H44P4Ti. The normalized spacial score (nSPS) is 9.66. The summed E-state index contributed by atoms with van der Waals surface area (Å²) in [6.07, 6.45) is 0. The molecule has 0 aliphatic heterocycles. The molecule has 0 atom stereocenters. The quantitative estimate of drug-likeness (QED) is 0.106. The zero-order chi connectivity index (χ0) is 35.7. The van der Waals surface area contributed by atoms with Crippen LogP contribution in [0.25, 0.3) is 0 Å². The van der Waals surface area contributed by atoms with E-state index in [-0.39, 0.29) is 21.7 Å². The van der Waals surface area contributed by atoms with Crippen molar-refractivity contribution in [2.75, 3.05) is 0 Å². The summed E-state index contributed by atoms with van der Waals surface area (Å²) in [7, 11) is 3.11. The van der Waals surface area contributed by atoms with Gasteiger partial charge in [0, 0.05) is 21.7 Å². The molecule has 0 unspecified atom stereocenters. The van der Waals surface area contributed by atoms with Gasteiger partial charge < -0.3 is 0 Å². The van der Waals surface area contributed by atoms with Crippen LogP contribution in [0.5, 0.6) is 0 Å². The first-order valence-corrected chi connectivity index (χ1v) is 21.3. The molecule has 0 spiro atoms. The van der Waals surface area contributed by atoms with Crippen LogP contribution in [0, 0.1) is 0 Å². The Labute approximate surface area is 339 Å². The standard InChI is InChI=1S/4C12H11P.Ti/c4*1-3-7-11(8-4-1)13-12-9-5-2-6-10-12;/h4*1-10,13H;. The third-order valence-electron chi connectivity index (χ3n) is 7.35. The summed E-state index contributed by atoms with van der Waals surface area (Å²) >= 11 is 0. The van der Waals surface area contributed by atoms with E-state index in [1.165, 1.54) is 42.4 Å². The Bertz CT molecular complexity index is 1580. The molecule has 5 heteroatoms. The third kappa shape index (κ3) is 17.7. The minimum atomic E-state index is 0. The molecule has 0 radical (unpaired) electrons. The molecule has 53 heavy (non-hydrogen) atoms.